The quantitative estimate of drug-likeness (QED) is 0.346. The zero-order chi connectivity index (χ0) is 4.12. The second kappa shape index (κ2) is 4.25. The van der Waals surface area contributed by atoms with Crippen LogP contribution in [0.2, 0.25) is 0 Å². The summed E-state index contributed by atoms with van der Waals surface area (Å²) in [5, 5.41) is 0. The van der Waals surface area contributed by atoms with E-state index in [9.17, 15) is 4.70 Å². The summed E-state index contributed by atoms with van der Waals surface area (Å²) in [6.45, 7) is 0.171. The van der Waals surface area contributed by atoms with E-state index in [1.54, 1.807) is 0 Å². The fraction of sp³-hybridized carbons (Fsp3) is 1.00. The third kappa shape index (κ3) is 4.25. The average molecular weight is 89.8 g/mol. The van der Waals surface area contributed by atoms with Crippen molar-refractivity contribution >= 4 is 16.6 Å². The van der Waals surface area contributed by atoms with Gasteiger partial charge in [0.05, 0.1) is 0 Å². The Kier molecular flexibility index (Phi) is 4.47. The van der Waals surface area contributed by atoms with Crippen LogP contribution in [0.15, 0.2) is 0 Å². The Morgan fingerprint density at radius 2 is 2.60 bits per heavy atom. The standard InChI is InChI=1S/CH4BO2P/c3-2-1-4-5/h1,5H2. The maximum atomic E-state index is 9.27. The molecule has 0 radical (unpaired) electrons. The molecular formula is CH4BO2P. The van der Waals surface area contributed by atoms with Gasteiger partial charge in [-0.3, -0.25) is 0 Å². The van der Waals surface area contributed by atoms with Gasteiger partial charge in [-0.15, -0.1) is 0 Å². The van der Waals surface area contributed by atoms with E-state index < -0.39 is 0 Å². The summed E-state index contributed by atoms with van der Waals surface area (Å²) in [6.07, 6.45) is 0. The van der Waals surface area contributed by atoms with Crippen molar-refractivity contribution in [1.82, 2.24) is 0 Å². The molecule has 0 aliphatic carbocycles. The van der Waals surface area contributed by atoms with Crippen LogP contribution in [0.4, 0.5) is 0 Å². The summed E-state index contributed by atoms with van der Waals surface area (Å²) >= 11 is 0. The van der Waals surface area contributed by atoms with Crippen LogP contribution in [0, 0.1) is 0 Å². The summed E-state index contributed by atoms with van der Waals surface area (Å²) in [5.41, 5.74) is 0. The first-order valence-electron chi connectivity index (χ1n) is 1.17. The van der Waals surface area contributed by atoms with Crippen molar-refractivity contribution in [1.29, 1.82) is 0 Å². The predicted molar refractivity (Wildman–Crippen MR) is 22.1 cm³/mol. The normalized spacial score (nSPS) is 6.60. The van der Waals surface area contributed by atoms with Crippen molar-refractivity contribution in [2.24, 2.45) is 0 Å². The Balaban J connectivity index is 2.40. The number of rotatable bonds is 2. The van der Waals surface area contributed by atoms with Crippen LogP contribution in [-0.2, 0) is 9.23 Å². The molecule has 0 saturated heterocycles. The summed E-state index contributed by atoms with van der Waals surface area (Å²) in [4.78, 5) is 0. The molecule has 0 aromatic rings. The third-order valence-corrected chi connectivity index (χ3v) is 0.357. The minimum absolute atomic E-state index is 0.171. The predicted octanol–water partition coefficient (Wildman–Crippen LogP) is -0.200. The van der Waals surface area contributed by atoms with Gasteiger partial charge in [0.25, 0.3) is 0 Å². The molecular weight excluding hydrogens is 85.8 g/mol. The molecule has 0 aromatic carbocycles. The minimum atomic E-state index is 0.171. The molecule has 0 spiro atoms. The Morgan fingerprint density at radius 3 is 2.60 bits per heavy atom. The Hall–Kier alpha value is 0.255. The number of hydrogen-bond donors (Lipinski definition) is 0. The van der Waals surface area contributed by atoms with E-state index in [4.69, 9.17) is 0 Å². The van der Waals surface area contributed by atoms with Gasteiger partial charge in [0.1, 0.15) is 0 Å². The van der Waals surface area contributed by atoms with Crippen molar-refractivity contribution in [3.8, 4) is 0 Å². The van der Waals surface area contributed by atoms with Crippen molar-refractivity contribution in [3.63, 3.8) is 0 Å². The van der Waals surface area contributed by atoms with E-state index in [0.29, 0.717) is 7.15 Å². The first-order valence-corrected chi connectivity index (χ1v) is 1.64. The summed E-state index contributed by atoms with van der Waals surface area (Å²) in [6, 6.07) is 0. The van der Waals surface area contributed by atoms with E-state index in [1.165, 1.54) is 0 Å². The van der Waals surface area contributed by atoms with Crippen LogP contribution in [0.1, 0.15) is 0 Å². The first kappa shape index (κ1) is 5.25. The zero-order valence-electron chi connectivity index (χ0n) is 2.68. The second-order valence-electron chi connectivity index (χ2n) is 0.500. The van der Waals surface area contributed by atoms with Crippen molar-refractivity contribution in [2.45, 2.75) is 0 Å². The third-order valence-electron chi connectivity index (χ3n) is 0.164. The van der Waals surface area contributed by atoms with Crippen LogP contribution in [0.25, 0.3) is 0 Å². The molecule has 0 fully saturated rings. The van der Waals surface area contributed by atoms with Gasteiger partial charge in [-0.25, -0.2) is 0 Å². The number of hydrogen-bond acceptors (Lipinski definition) is 2. The van der Waals surface area contributed by atoms with Gasteiger partial charge in [-0.1, -0.05) is 0 Å². The van der Waals surface area contributed by atoms with E-state index in [0.717, 1.165) is 0 Å². The maximum absolute atomic E-state index is 9.27. The van der Waals surface area contributed by atoms with Crippen LogP contribution >= 0.6 is 9.47 Å². The molecule has 1 atom stereocenters. The van der Waals surface area contributed by atoms with E-state index in [-0.39, 0.29) is 6.51 Å². The average Bonchev–Trinajstić information content (AvgIpc) is 1.41. The van der Waals surface area contributed by atoms with Crippen LogP contribution in [0.3, 0.4) is 0 Å². The fourth-order valence-corrected chi connectivity index (χ4v) is 0.118. The van der Waals surface area contributed by atoms with Gasteiger partial charge < -0.3 is 0 Å². The topological polar surface area (TPSA) is 26.3 Å². The van der Waals surface area contributed by atoms with E-state index >= 15 is 0 Å². The SMILES string of the molecule is O=BCOP. The van der Waals surface area contributed by atoms with Gasteiger partial charge in [-0.2, -0.15) is 0 Å². The van der Waals surface area contributed by atoms with Gasteiger partial charge in [0, 0.05) is 0 Å². The van der Waals surface area contributed by atoms with Crippen LogP contribution in [-0.4, -0.2) is 13.7 Å². The van der Waals surface area contributed by atoms with Gasteiger partial charge in [0.2, 0.25) is 0 Å². The van der Waals surface area contributed by atoms with Gasteiger partial charge in [0.15, 0.2) is 0 Å². The molecule has 1 unspecified atom stereocenters. The first-order chi connectivity index (χ1) is 2.41. The van der Waals surface area contributed by atoms with Crippen molar-refractivity contribution in [2.75, 3.05) is 6.51 Å². The van der Waals surface area contributed by atoms with Crippen LogP contribution in [0.5, 0.6) is 0 Å². The second-order valence-corrected chi connectivity index (χ2v) is 0.833. The Morgan fingerprint density at radius 1 is 2.00 bits per heavy atom. The fourth-order valence-electron chi connectivity index (χ4n) is 0.0393. The summed E-state index contributed by atoms with van der Waals surface area (Å²) in [7, 11) is 2.66. The van der Waals surface area contributed by atoms with Gasteiger partial charge in [-0.05, 0) is 0 Å². The van der Waals surface area contributed by atoms with E-state index in [1.807, 2.05) is 9.47 Å². The molecule has 0 rings (SSSR count). The molecule has 0 bridgehead atoms. The molecule has 28 valence electrons. The van der Waals surface area contributed by atoms with Crippen LogP contribution < -0.4 is 0 Å². The zero-order valence-corrected chi connectivity index (χ0v) is 3.83. The molecule has 0 N–H and O–H groups in total. The molecule has 0 aromatic heterocycles. The van der Waals surface area contributed by atoms with Crippen molar-refractivity contribution < 1.29 is 9.23 Å². The molecule has 0 aliphatic heterocycles. The molecule has 5 heavy (non-hydrogen) atoms. The molecule has 0 heterocycles. The molecule has 0 amide bonds. The molecule has 4 heteroatoms. The van der Waals surface area contributed by atoms with Crippen molar-refractivity contribution in [3.05, 3.63) is 0 Å². The molecule has 2 nitrogen and oxygen atoms in total. The summed E-state index contributed by atoms with van der Waals surface area (Å²) in [5.74, 6) is 0. The summed E-state index contributed by atoms with van der Waals surface area (Å²) < 4.78 is 13.5. The molecule has 0 aliphatic rings. The molecule has 0 saturated carbocycles. The monoisotopic (exact) mass is 90.0 g/mol. The Labute approximate surface area is 33.4 Å². The van der Waals surface area contributed by atoms with Gasteiger partial charge >= 0.3 is 32.4 Å². The Bertz CT molecular complexity index is 30.8. The van der Waals surface area contributed by atoms with E-state index in [2.05, 4.69) is 4.52 Å².